The van der Waals surface area contributed by atoms with E-state index in [0.29, 0.717) is 0 Å². The Balaban J connectivity index is 2.24. The maximum absolute atomic E-state index is 8.79. The van der Waals surface area contributed by atoms with Gasteiger partial charge >= 0.3 is 0 Å². The molecule has 0 radical (unpaired) electrons. The van der Waals surface area contributed by atoms with Gasteiger partial charge in [0, 0.05) is 7.11 Å². The highest BCUT2D eigenvalue weighted by molar-refractivity contribution is 5.84. The van der Waals surface area contributed by atoms with Crippen LogP contribution in [0.15, 0.2) is 29.4 Å². The Morgan fingerprint density at radius 1 is 1.18 bits per heavy atom. The average molecular weight is 233 g/mol. The lowest BCUT2D eigenvalue weighted by molar-refractivity contribution is -0.0317. The normalized spacial score (nSPS) is 24.7. The first-order valence-corrected chi connectivity index (χ1v) is 6.02. The highest BCUT2D eigenvalue weighted by atomic mass is 16.5. The van der Waals surface area contributed by atoms with Crippen LogP contribution in [-0.4, -0.2) is 18.0 Å². The molecule has 1 saturated carbocycles. The van der Waals surface area contributed by atoms with E-state index < -0.39 is 0 Å². The van der Waals surface area contributed by atoms with E-state index in [2.05, 4.69) is 36.3 Å². The third-order valence-electron chi connectivity index (χ3n) is 3.74. The smallest absolute Gasteiger partial charge is 0.0934 e. The molecule has 1 N–H and O–H groups in total. The van der Waals surface area contributed by atoms with Gasteiger partial charge in [0.05, 0.1) is 11.3 Å². The van der Waals surface area contributed by atoms with Gasteiger partial charge in [0.25, 0.3) is 0 Å². The third kappa shape index (κ3) is 2.34. The Morgan fingerprint density at radius 3 is 2.24 bits per heavy atom. The van der Waals surface area contributed by atoms with Crippen molar-refractivity contribution in [2.45, 2.75) is 38.2 Å². The molecule has 0 atom stereocenters. The average Bonchev–Trinajstić information content (AvgIpc) is 2.40. The van der Waals surface area contributed by atoms with Crippen LogP contribution in [0.1, 0.15) is 36.8 Å². The van der Waals surface area contributed by atoms with Gasteiger partial charge in [0.1, 0.15) is 0 Å². The largest absolute Gasteiger partial charge is 0.411 e. The lowest BCUT2D eigenvalue weighted by atomic mass is 9.78. The summed E-state index contributed by atoms with van der Waals surface area (Å²) in [7, 11) is 1.76. The van der Waals surface area contributed by atoms with E-state index >= 15 is 0 Å². The molecule has 1 aromatic carbocycles. The second kappa shape index (κ2) is 4.88. The van der Waals surface area contributed by atoms with E-state index in [0.717, 1.165) is 31.4 Å². The monoisotopic (exact) mass is 233 g/mol. The van der Waals surface area contributed by atoms with Crippen molar-refractivity contribution in [3.05, 3.63) is 35.4 Å². The van der Waals surface area contributed by atoms with Crippen LogP contribution in [0.4, 0.5) is 0 Å². The quantitative estimate of drug-likeness (QED) is 0.629. The number of aryl methyl sites for hydroxylation is 1. The van der Waals surface area contributed by atoms with Gasteiger partial charge in [-0.2, -0.15) is 0 Å². The van der Waals surface area contributed by atoms with Crippen LogP contribution < -0.4 is 0 Å². The molecule has 1 aliphatic rings. The molecular weight excluding hydrogens is 214 g/mol. The molecule has 1 aliphatic carbocycles. The first-order valence-electron chi connectivity index (χ1n) is 6.02. The van der Waals surface area contributed by atoms with Crippen LogP contribution in [0.5, 0.6) is 0 Å². The second-order valence-corrected chi connectivity index (χ2v) is 4.73. The SMILES string of the molecule is COC1(c2ccc(C)cc2)CCC(=NO)CC1. The first kappa shape index (κ1) is 12.1. The number of hydrogen-bond donors (Lipinski definition) is 1. The maximum atomic E-state index is 8.79. The Hall–Kier alpha value is -1.35. The predicted octanol–water partition coefficient (Wildman–Crippen LogP) is 3.24. The number of oxime groups is 1. The van der Waals surface area contributed by atoms with Gasteiger partial charge in [-0.15, -0.1) is 0 Å². The fourth-order valence-corrected chi connectivity index (χ4v) is 2.51. The number of benzene rings is 1. The predicted molar refractivity (Wildman–Crippen MR) is 67.6 cm³/mol. The molecule has 92 valence electrons. The molecule has 0 amide bonds. The van der Waals surface area contributed by atoms with Crippen molar-refractivity contribution < 1.29 is 9.94 Å². The van der Waals surface area contributed by atoms with Crippen LogP contribution in [0.3, 0.4) is 0 Å². The topological polar surface area (TPSA) is 41.8 Å². The van der Waals surface area contributed by atoms with Crippen molar-refractivity contribution in [2.24, 2.45) is 5.16 Å². The van der Waals surface area contributed by atoms with Crippen molar-refractivity contribution in [1.82, 2.24) is 0 Å². The summed E-state index contributed by atoms with van der Waals surface area (Å²) in [6, 6.07) is 8.51. The summed E-state index contributed by atoms with van der Waals surface area (Å²) in [6.45, 7) is 2.08. The van der Waals surface area contributed by atoms with E-state index in [1.807, 2.05) is 0 Å². The first-order chi connectivity index (χ1) is 8.20. The minimum Gasteiger partial charge on any atom is -0.411 e. The summed E-state index contributed by atoms with van der Waals surface area (Å²) < 4.78 is 5.76. The van der Waals surface area contributed by atoms with Crippen molar-refractivity contribution in [3.8, 4) is 0 Å². The van der Waals surface area contributed by atoms with Crippen LogP contribution >= 0.6 is 0 Å². The molecule has 1 aromatic rings. The summed E-state index contributed by atoms with van der Waals surface area (Å²) in [5.41, 5.74) is 3.16. The Bertz CT molecular complexity index is 399. The second-order valence-electron chi connectivity index (χ2n) is 4.73. The van der Waals surface area contributed by atoms with Crippen molar-refractivity contribution in [3.63, 3.8) is 0 Å². The van der Waals surface area contributed by atoms with E-state index in [1.54, 1.807) is 7.11 Å². The van der Waals surface area contributed by atoms with Crippen molar-refractivity contribution in [2.75, 3.05) is 7.11 Å². The van der Waals surface area contributed by atoms with Crippen molar-refractivity contribution >= 4 is 5.71 Å². The number of nitrogens with zero attached hydrogens (tertiary/aromatic N) is 1. The Kier molecular flexibility index (Phi) is 3.48. The van der Waals surface area contributed by atoms with Gasteiger partial charge in [-0.05, 0) is 38.2 Å². The van der Waals surface area contributed by atoms with Gasteiger partial charge in [0.2, 0.25) is 0 Å². The molecule has 0 heterocycles. The van der Waals surface area contributed by atoms with Gasteiger partial charge < -0.3 is 9.94 Å². The van der Waals surface area contributed by atoms with Gasteiger partial charge in [0.15, 0.2) is 0 Å². The molecule has 1 fully saturated rings. The molecule has 17 heavy (non-hydrogen) atoms. The Labute approximate surface area is 102 Å². The van der Waals surface area contributed by atoms with Crippen molar-refractivity contribution in [1.29, 1.82) is 0 Å². The van der Waals surface area contributed by atoms with Crippen LogP contribution in [0.2, 0.25) is 0 Å². The van der Waals surface area contributed by atoms with E-state index in [4.69, 9.17) is 9.94 Å². The van der Waals surface area contributed by atoms with E-state index in [-0.39, 0.29) is 5.60 Å². The van der Waals surface area contributed by atoms with Crippen LogP contribution in [0, 0.1) is 6.92 Å². The van der Waals surface area contributed by atoms with E-state index in [9.17, 15) is 0 Å². The molecule has 0 spiro atoms. The minimum absolute atomic E-state index is 0.206. The minimum atomic E-state index is -0.206. The molecule has 3 heteroatoms. The number of methoxy groups -OCH3 is 1. The molecule has 3 nitrogen and oxygen atoms in total. The lowest BCUT2D eigenvalue weighted by Crippen LogP contribution is -2.33. The summed E-state index contributed by atoms with van der Waals surface area (Å²) in [6.07, 6.45) is 3.37. The van der Waals surface area contributed by atoms with Crippen LogP contribution in [-0.2, 0) is 10.3 Å². The fraction of sp³-hybridized carbons (Fsp3) is 0.500. The van der Waals surface area contributed by atoms with Gasteiger partial charge in [-0.3, -0.25) is 0 Å². The molecule has 0 unspecified atom stereocenters. The van der Waals surface area contributed by atoms with Crippen LogP contribution in [0.25, 0.3) is 0 Å². The molecule has 0 saturated heterocycles. The van der Waals surface area contributed by atoms with Gasteiger partial charge in [-0.1, -0.05) is 35.0 Å². The molecule has 0 bridgehead atoms. The highest BCUT2D eigenvalue weighted by Crippen LogP contribution is 2.39. The zero-order valence-corrected chi connectivity index (χ0v) is 10.4. The lowest BCUT2D eigenvalue weighted by Gasteiger charge is -2.36. The number of ether oxygens (including phenoxy) is 1. The zero-order chi connectivity index (χ0) is 12.3. The summed E-state index contributed by atoms with van der Waals surface area (Å²) in [5.74, 6) is 0. The third-order valence-corrected chi connectivity index (χ3v) is 3.74. The highest BCUT2D eigenvalue weighted by Gasteiger charge is 2.35. The van der Waals surface area contributed by atoms with Gasteiger partial charge in [-0.25, -0.2) is 0 Å². The molecule has 0 aromatic heterocycles. The maximum Gasteiger partial charge on any atom is 0.0934 e. The zero-order valence-electron chi connectivity index (χ0n) is 10.4. The standard InChI is InChI=1S/C14H19NO2/c1-11-3-5-12(6-4-11)14(17-2)9-7-13(15-16)8-10-14/h3-6,16H,7-10H2,1-2H3. The summed E-state index contributed by atoms with van der Waals surface area (Å²) >= 11 is 0. The molecular formula is C14H19NO2. The number of hydrogen-bond acceptors (Lipinski definition) is 3. The Morgan fingerprint density at radius 2 is 1.76 bits per heavy atom. The fourth-order valence-electron chi connectivity index (χ4n) is 2.51. The number of rotatable bonds is 2. The molecule has 0 aliphatic heterocycles. The molecule has 2 rings (SSSR count). The van der Waals surface area contributed by atoms with E-state index in [1.165, 1.54) is 11.1 Å². The summed E-state index contributed by atoms with van der Waals surface area (Å²) in [5, 5.41) is 12.1. The summed E-state index contributed by atoms with van der Waals surface area (Å²) in [4.78, 5) is 0.